The predicted molar refractivity (Wildman–Crippen MR) is 93.9 cm³/mol. The van der Waals surface area contributed by atoms with Crippen molar-refractivity contribution in [3.8, 4) is 0 Å². The van der Waals surface area contributed by atoms with Crippen LogP contribution in [0, 0.1) is 6.92 Å². The molecule has 0 amide bonds. The van der Waals surface area contributed by atoms with Crippen molar-refractivity contribution in [3.05, 3.63) is 60.2 Å². The highest BCUT2D eigenvalue weighted by molar-refractivity contribution is 8.12. The minimum absolute atomic E-state index is 0.600. The SMILES string of the molecule is CC.CC.Cc1ccc([P+](=S)c2ccccc2)cc1. The van der Waals surface area contributed by atoms with E-state index in [-0.39, 0.29) is 0 Å². The van der Waals surface area contributed by atoms with Gasteiger partial charge in [0.1, 0.15) is 0 Å². The lowest BCUT2D eigenvalue weighted by Crippen LogP contribution is -2.05. The van der Waals surface area contributed by atoms with Crippen LogP contribution in [0.15, 0.2) is 54.6 Å². The van der Waals surface area contributed by atoms with Crippen LogP contribution in [-0.2, 0) is 11.8 Å². The molecule has 1 atom stereocenters. The summed E-state index contributed by atoms with van der Waals surface area (Å²) in [5, 5.41) is 2.52. The zero-order valence-corrected chi connectivity index (χ0v) is 14.3. The van der Waals surface area contributed by atoms with Gasteiger partial charge in [-0.2, -0.15) is 0 Å². The molecule has 2 heteroatoms. The molecule has 0 fully saturated rings. The Morgan fingerprint density at radius 2 is 1.11 bits per heavy atom. The van der Waals surface area contributed by atoms with E-state index in [4.69, 9.17) is 11.8 Å². The van der Waals surface area contributed by atoms with Crippen LogP contribution in [0.2, 0.25) is 0 Å². The van der Waals surface area contributed by atoms with Crippen LogP contribution in [0.4, 0.5) is 0 Å². The molecular weight excluding hydrogens is 267 g/mol. The average Bonchev–Trinajstić information content (AvgIpc) is 2.52. The second-order valence-corrected chi connectivity index (χ2v) is 6.18. The quantitative estimate of drug-likeness (QED) is 0.706. The van der Waals surface area contributed by atoms with Gasteiger partial charge in [0.25, 0.3) is 0 Å². The number of rotatable bonds is 2. The molecule has 2 aromatic carbocycles. The molecule has 0 radical (unpaired) electrons. The van der Waals surface area contributed by atoms with Gasteiger partial charge in [-0.05, 0) is 31.2 Å². The third-order valence-electron chi connectivity index (χ3n) is 2.26. The highest BCUT2D eigenvalue weighted by atomic mass is 32.4. The monoisotopic (exact) mass is 291 g/mol. The summed E-state index contributed by atoms with van der Waals surface area (Å²) in [4.78, 5) is 0. The molecule has 1 unspecified atom stereocenters. The summed E-state index contributed by atoms with van der Waals surface area (Å²) in [5.41, 5.74) is 1.28. The molecular formula is C17H24PS+. The first kappa shape index (κ1) is 18.0. The number of benzene rings is 2. The van der Waals surface area contributed by atoms with E-state index in [9.17, 15) is 0 Å². The highest BCUT2D eigenvalue weighted by Crippen LogP contribution is 2.19. The van der Waals surface area contributed by atoms with E-state index < -0.39 is 6.70 Å². The van der Waals surface area contributed by atoms with Crippen molar-refractivity contribution in [1.29, 1.82) is 0 Å². The molecule has 0 aliphatic rings. The number of hydrogen-bond acceptors (Lipinski definition) is 1. The van der Waals surface area contributed by atoms with E-state index in [2.05, 4.69) is 43.3 Å². The Hall–Kier alpha value is -1.04. The van der Waals surface area contributed by atoms with Crippen molar-refractivity contribution in [2.45, 2.75) is 34.6 Å². The summed E-state index contributed by atoms with van der Waals surface area (Å²) in [7, 11) is 0. The van der Waals surface area contributed by atoms with Gasteiger partial charge in [-0.15, -0.1) is 0 Å². The van der Waals surface area contributed by atoms with Crippen LogP contribution in [0.25, 0.3) is 0 Å². The zero-order chi connectivity index (χ0) is 14.7. The van der Waals surface area contributed by atoms with E-state index in [0.29, 0.717) is 0 Å². The average molecular weight is 291 g/mol. The molecule has 0 saturated heterocycles. The summed E-state index contributed by atoms with van der Waals surface area (Å²) in [6.07, 6.45) is 0. The van der Waals surface area contributed by atoms with Gasteiger partial charge in [-0.3, -0.25) is 0 Å². The number of hydrogen-bond donors (Lipinski definition) is 0. The van der Waals surface area contributed by atoms with E-state index in [1.54, 1.807) is 0 Å². The Bertz CT molecular complexity index is 460. The maximum atomic E-state index is 5.58. The van der Waals surface area contributed by atoms with Crippen molar-refractivity contribution in [3.63, 3.8) is 0 Å². The summed E-state index contributed by atoms with van der Waals surface area (Å²) in [5.74, 6) is 0. The van der Waals surface area contributed by atoms with Gasteiger partial charge in [-0.25, -0.2) is 0 Å². The minimum atomic E-state index is -0.600. The van der Waals surface area contributed by atoms with Crippen molar-refractivity contribution in [2.24, 2.45) is 0 Å². The van der Waals surface area contributed by atoms with Crippen LogP contribution < -0.4 is 10.6 Å². The topological polar surface area (TPSA) is 0 Å². The molecule has 2 rings (SSSR count). The van der Waals surface area contributed by atoms with E-state index in [0.717, 1.165) is 0 Å². The fourth-order valence-corrected chi connectivity index (χ4v) is 3.28. The van der Waals surface area contributed by atoms with Crippen LogP contribution in [0.3, 0.4) is 0 Å². The van der Waals surface area contributed by atoms with Gasteiger partial charge in [0.15, 0.2) is 22.4 Å². The predicted octanol–water partition coefficient (Wildman–Crippen LogP) is 4.94. The third kappa shape index (κ3) is 6.09. The van der Waals surface area contributed by atoms with Gasteiger partial charge in [0.2, 0.25) is 6.70 Å². The van der Waals surface area contributed by atoms with Crippen molar-refractivity contribution in [2.75, 3.05) is 0 Å². The second kappa shape index (κ2) is 10.8. The van der Waals surface area contributed by atoms with Crippen molar-refractivity contribution >= 4 is 29.1 Å². The smallest absolute Gasteiger partial charge is 0.0683 e. The Labute approximate surface area is 124 Å². The molecule has 19 heavy (non-hydrogen) atoms. The first-order valence-electron chi connectivity index (χ1n) is 6.86. The molecule has 2 aromatic rings. The molecule has 0 nitrogen and oxygen atoms in total. The van der Waals surface area contributed by atoms with E-state index in [1.807, 2.05) is 45.9 Å². The molecule has 0 aromatic heterocycles. The fourth-order valence-electron chi connectivity index (χ4n) is 1.39. The lowest BCUT2D eigenvalue weighted by atomic mass is 10.2. The van der Waals surface area contributed by atoms with Gasteiger partial charge in [0.05, 0.1) is 0 Å². The lowest BCUT2D eigenvalue weighted by molar-refractivity contribution is 1.49. The van der Waals surface area contributed by atoms with Gasteiger partial charge >= 0.3 is 0 Å². The summed E-state index contributed by atoms with van der Waals surface area (Å²) in [6.45, 7) is 9.50. The number of aryl methyl sites for hydroxylation is 1. The second-order valence-electron chi connectivity index (χ2n) is 3.47. The summed E-state index contributed by atoms with van der Waals surface area (Å²) >= 11 is 5.58. The van der Waals surface area contributed by atoms with Gasteiger partial charge in [0, 0.05) is 0 Å². The van der Waals surface area contributed by atoms with Crippen LogP contribution in [0.1, 0.15) is 33.3 Å². The first-order valence-corrected chi connectivity index (χ1v) is 9.22. The lowest BCUT2D eigenvalue weighted by Gasteiger charge is -1.93. The maximum absolute atomic E-state index is 5.58. The molecule has 0 heterocycles. The van der Waals surface area contributed by atoms with E-state index in [1.165, 1.54) is 16.2 Å². The van der Waals surface area contributed by atoms with Gasteiger partial charge < -0.3 is 0 Å². The van der Waals surface area contributed by atoms with Gasteiger partial charge in [-0.1, -0.05) is 63.6 Å². The summed E-state index contributed by atoms with van der Waals surface area (Å²) < 4.78 is 0. The molecule has 102 valence electrons. The standard InChI is InChI=1S/C13H12PS.2C2H6/c1-11-7-9-13(10-8-11)14(15)12-5-3-2-4-6-12;2*1-2/h2-10H,1H3;2*1-2H3/q+1;;. The molecule has 0 spiro atoms. The summed E-state index contributed by atoms with van der Waals surface area (Å²) in [6, 6.07) is 18.9. The first-order chi connectivity index (χ1) is 9.27. The Morgan fingerprint density at radius 1 is 0.684 bits per heavy atom. The largest absolute Gasteiger partial charge is 0.250 e. The van der Waals surface area contributed by atoms with E-state index >= 15 is 0 Å². The van der Waals surface area contributed by atoms with Crippen LogP contribution in [0.5, 0.6) is 0 Å². The fraction of sp³-hybridized carbons (Fsp3) is 0.294. The molecule has 0 aliphatic carbocycles. The maximum Gasteiger partial charge on any atom is 0.250 e. The third-order valence-corrected chi connectivity index (χ3v) is 5.06. The van der Waals surface area contributed by atoms with Crippen LogP contribution in [-0.4, -0.2) is 0 Å². The highest BCUT2D eigenvalue weighted by Gasteiger charge is 2.16. The van der Waals surface area contributed by atoms with Crippen molar-refractivity contribution in [1.82, 2.24) is 0 Å². The normalized spacial score (nSPS) is 9.42. The molecule has 0 saturated carbocycles. The van der Waals surface area contributed by atoms with Crippen LogP contribution >= 0.6 is 6.70 Å². The zero-order valence-electron chi connectivity index (χ0n) is 12.6. The Kier molecular flexibility index (Phi) is 10.2. The van der Waals surface area contributed by atoms with Crippen molar-refractivity contribution < 1.29 is 0 Å². The molecule has 0 N–H and O–H groups in total. The minimum Gasteiger partial charge on any atom is -0.0683 e. The molecule has 0 bridgehead atoms. The molecule has 0 aliphatic heterocycles. The Morgan fingerprint density at radius 3 is 1.58 bits per heavy atom. The Balaban J connectivity index is 0.000000741.